The summed E-state index contributed by atoms with van der Waals surface area (Å²) < 4.78 is 190. The zero-order valence-electron chi connectivity index (χ0n) is 59.9. The van der Waals surface area contributed by atoms with E-state index in [1.807, 2.05) is 109 Å². The maximum absolute atomic E-state index is 13.0. The highest BCUT2D eigenvalue weighted by Crippen LogP contribution is 2.24. The van der Waals surface area contributed by atoms with Gasteiger partial charge in [-0.25, -0.2) is 65.9 Å². The van der Waals surface area contributed by atoms with Crippen LogP contribution in [0.25, 0.3) is 0 Å². The van der Waals surface area contributed by atoms with Crippen molar-refractivity contribution in [2.45, 2.75) is 201 Å². The predicted octanol–water partition coefficient (Wildman–Crippen LogP) is 27.0. The summed E-state index contributed by atoms with van der Waals surface area (Å²) in [5, 5.41) is 0. The third-order valence-corrected chi connectivity index (χ3v) is 12.0. The Morgan fingerprint density at radius 2 is 0.348 bits per heavy atom. The normalized spacial score (nSPS) is 9.09. The summed E-state index contributed by atoms with van der Waals surface area (Å²) >= 11 is 0. The van der Waals surface area contributed by atoms with Crippen LogP contribution in [0, 0.1) is 205 Å². The van der Waals surface area contributed by atoms with Gasteiger partial charge < -0.3 is 0 Å². The van der Waals surface area contributed by atoms with Gasteiger partial charge in [-0.15, -0.1) is 0 Å². The van der Waals surface area contributed by atoms with Crippen molar-refractivity contribution >= 4 is 0 Å². The zero-order chi connectivity index (χ0) is 73.8. The molecule has 0 aromatic heterocycles. The van der Waals surface area contributed by atoms with E-state index in [1.165, 1.54) is 103 Å². The Bertz CT molecular complexity index is 2900. The molecule has 0 saturated heterocycles. The Morgan fingerprint density at radius 1 is 0.152 bits per heavy atom. The lowest BCUT2D eigenvalue weighted by Gasteiger charge is -2.07. The maximum Gasteiger partial charge on any atom is 0.165 e. The first kappa shape index (κ1) is 95.8. The fourth-order valence-electron chi connectivity index (χ4n) is 6.18. The third kappa shape index (κ3) is 34.9. The number of hydrogen-bond donors (Lipinski definition) is 0. The van der Waals surface area contributed by atoms with Gasteiger partial charge in [-0.2, -0.15) is 0 Å². The van der Waals surface area contributed by atoms with Gasteiger partial charge in [-0.1, -0.05) is 155 Å². The molecule has 0 unspecified atom stereocenters. The smallest absolute Gasteiger partial charge is 0.165 e. The Labute approximate surface area is 543 Å². The molecule has 0 atom stereocenters. The first-order valence-electron chi connectivity index (χ1n) is 30.6. The lowest BCUT2D eigenvalue weighted by atomic mass is 10.0. The molecule has 8 aromatic carbocycles. The summed E-state index contributed by atoms with van der Waals surface area (Å²) in [5.41, 5.74) is 6.82. The van der Waals surface area contributed by atoms with Gasteiger partial charge in [0.15, 0.2) is 46.5 Å². The van der Waals surface area contributed by atoms with Crippen molar-refractivity contribution in [1.82, 2.24) is 0 Å². The van der Waals surface area contributed by atoms with Gasteiger partial charge in [0, 0.05) is 22.3 Å². The molecule has 0 N–H and O–H groups in total. The van der Waals surface area contributed by atoms with E-state index in [4.69, 9.17) is 0 Å². The second-order valence-electron chi connectivity index (χ2n) is 19.0. The molecule has 0 amide bonds. The molecule has 0 nitrogen and oxygen atoms in total. The van der Waals surface area contributed by atoms with Crippen molar-refractivity contribution in [2.75, 3.05) is 0 Å². The molecule has 0 heterocycles. The second-order valence-corrected chi connectivity index (χ2v) is 19.0. The minimum absolute atomic E-state index is 0.0376. The molecule has 0 aliphatic rings. The average Bonchev–Trinajstić information content (AvgIpc) is 0.885. The quantitative estimate of drug-likeness (QED) is 0.105. The minimum Gasteiger partial charge on any atom is -0.207 e. The fraction of sp³-hybridized carbons (Fsp3) is 0.377. The highest BCUT2D eigenvalue weighted by Gasteiger charge is 2.20. The van der Waals surface area contributed by atoms with Crippen LogP contribution in [0.5, 0.6) is 0 Å². The molecular weight excluding hydrogens is 1210 g/mol. The molecule has 0 bridgehead atoms. The molecule has 516 valence electrons. The van der Waals surface area contributed by atoms with Crippen molar-refractivity contribution in [3.63, 3.8) is 0 Å². The Hall–Kier alpha value is -7.29. The fourth-order valence-corrected chi connectivity index (χ4v) is 6.18. The highest BCUT2D eigenvalue weighted by molar-refractivity contribution is 5.34. The average molecular weight is 1310 g/mol. The first-order chi connectivity index (χ1) is 43.0. The number of halogens is 15. The summed E-state index contributed by atoms with van der Waals surface area (Å²) in [6.45, 7) is 50.7. The molecule has 15 heteroatoms. The molecule has 0 radical (unpaired) electrons. The van der Waals surface area contributed by atoms with Crippen LogP contribution in [-0.2, 0) is 0 Å². The largest absolute Gasteiger partial charge is 0.207 e. The lowest BCUT2D eigenvalue weighted by Crippen LogP contribution is -2.02. The summed E-state index contributed by atoms with van der Waals surface area (Å²) in [6.07, 6.45) is 0. The van der Waals surface area contributed by atoms with Crippen LogP contribution in [0.1, 0.15) is 178 Å². The number of benzene rings is 8. The molecule has 8 aromatic rings. The molecule has 0 aliphatic heterocycles. The third-order valence-electron chi connectivity index (χ3n) is 12.0. The van der Waals surface area contributed by atoms with Gasteiger partial charge in [-0.05, 0) is 215 Å². The molecule has 0 fully saturated rings. The van der Waals surface area contributed by atoms with Crippen LogP contribution in [-0.4, -0.2) is 0 Å². The van der Waals surface area contributed by atoms with Gasteiger partial charge in [-0.3, -0.25) is 0 Å². The standard InChI is InChI=1S/C9H9F3.C8H6F4.3C8H8F2.2C8H9F.C8H10.6C2H6/c1-4-5(2)8(11)9(12)6(3)7(4)10;1-3-5(9)7(11)4(2)8(12)6(3)10;1-5-3-8(10)6(2)4-7(5)9;1-5-3-7(9)6(2)8(10)4-5;1-5-3-4-6(2)8(10)7(5)9;2*1-6-3-4-7(2)8(9)5-6;1-7-3-5-8(2)6-4-7;6*1-2/h1-3H3;1-2H3;3*3-4H,1-2H3;2*3-5H,1-2H3;3-6H,1-2H3;6*1-2H3. The van der Waals surface area contributed by atoms with E-state index in [-0.39, 0.29) is 45.5 Å². The topological polar surface area (TPSA) is 0 Å². The second kappa shape index (κ2) is 52.2. The van der Waals surface area contributed by atoms with Crippen LogP contribution < -0.4 is 0 Å². The van der Waals surface area contributed by atoms with Crippen LogP contribution in [0.2, 0.25) is 0 Å². The van der Waals surface area contributed by atoms with Gasteiger partial charge in [0.1, 0.15) is 40.7 Å². The molecule has 92 heavy (non-hydrogen) atoms. The van der Waals surface area contributed by atoms with Crippen molar-refractivity contribution in [2.24, 2.45) is 0 Å². The summed E-state index contributed by atoms with van der Waals surface area (Å²) in [5.74, 6) is -11.4. The van der Waals surface area contributed by atoms with Crippen LogP contribution in [0.4, 0.5) is 65.9 Å². The van der Waals surface area contributed by atoms with E-state index >= 15 is 0 Å². The zero-order valence-corrected chi connectivity index (χ0v) is 59.9. The maximum atomic E-state index is 13.0. The highest BCUT2D eigenvalue weighted by atomic mass is 19.2. The summed E-state index contributed by atoms with van der Waals surface area (Å²) in [6, 6.07) is 27.1. The first-order valence-corrected chi connectivity index (χ1v) is 30.6. The Balaban J connectivity index is -0.000000225. The minimum atomic E-state index is -1.33. The van der Waals surface area contributed by atoms with E-state index < -0.39 is 75.1 Å². The van der Waals surface area contributed by atoms with Crippen LogP contribution >= 0.6 is 0 Å². The van der Waals surface area contributed by atoms with E-state index in [0.717, 1.165) is 25.0 Å². The van der Waals surface area contributed by atoms with Gasteiger partial charge in [0.2, 0.25) is 0 Å². The Morgan fingerprint density at radius 3 is 0.598 bits per heavy atom. The number of aryl methyl sites for hydroxylation is 11. The molecule has 8 rings (SSSR count). The summed E-state index contributed by atoms with van der Waals surface area (Å²) in [7, 11) is 0. The van der Waals surface area contributed by atoms with E-state index in [1.54, 1.807) is 45.0 Å². The van der Waals surface area contributed by atoms with Crippen LogP contribution in [0.15, 0.2) is 97.1 Å². The monoisotopic (exact) mass is 1310 g/mol. The Kier molecular flexibility index (Phi) is 54.4. The number of rotatable bonds is 0. The van der Waals surface area contributed by atoms with Crippen molar-refractivity contribution < 1.29 is 65.9 Å². The van der Waals surface area contributed by atoms with Gasteiger partial charge >= 0.3 is 0 Å². The van der Waals surface area contributed by atoms with Crippen molar-refractivity contribution in [1.29, 1.82) is 0 Å². The molecule has 0 saturated carbocycles. The number of hydrogen-bond acceptors (Lipinski definition) is 0. The van der Waals surface area contributed by atoms with Crippen LogP contribution in [0.3, 0.4) is 0 Å². The predicted molar refractivity (Wildman–Crippen MR) is 360 cm³/mol. The lowest BCUT2D eigenvalue weighted by molar-refractivity contribution is 0.436. The van der Waals surface area contributed by atoms with E-state index in [0.29, 0.717) is 38.9 Å². The molecule has 0 aliphatic carbocycles. The van der Waals surface area contributed by atoms with Gasteiger partial charge in [0.25, 0.3) is 0 Å². The van der Waals surface area contributed by atoms with Crippen molar-refractivity contribution in [3.05, 3.63) is 279 Å². The van der Waals surface area contributed by atoms with E-state index in [2.05, 4.69) is 38.1 Å². The van der Waals surface area contributed by atoms with Gasteiger partial charge in [0.05, 0.1) is 0 Å². The molecule has 0 spiro atoms. The van der Waals surface area contributed by atoms with E-state index in [9.17, 15) is 65.9 Å². The summed E-state index contributed by atoms with van der Waals surface area (Å²) in [4.78, 5) is 0. The SMILES string of the molecule is CC.CC.CC.CC.CC.CC.Cc1c(C)c(F)c(F)c(C)c1F.Cc1c(F)c(F)c(C)c(F)c1F.Cc1cc(F)c(C)c(F)c1.Cc1cc(F)c(C)cc1F.Cc1ccc(C)c(F)c1.Cc1ccc(C)c(F)c1.Cc1ccc(C)c(F)c1F.Cc1ccc(C)cc1. The van der Waals surface area contributed by atoms with Crippen molar-refractivity contribution in [3.8, 4) is 0 Å². The molecular formula is C77H103F15.